The molecule has 1 aromatic rings. The van der Waals surface area contributed by atoms with E-state index < -0.39 is 0 Å². The van der Waals surface area contributed by atoms with Crippen molar-refractivity contribution in [1.29, 1.82) is 0 Å². The normalized spacial score (nSPS) is 23.5. The molecule has 1 aromatic carbocycles. The summed E-state index contributed by atoms with van der Waals surface area (Å²) < 4.78 is 0.861. The van der Waals surface area contributed by atoms with E-state index in [-0.39, 0.29) is 11.9 Å². The van der Waals surface area contributed by atoms with E-state index in [1.54, 1.807) is 12.1 Å². The van der Waals surface area contributed by atoms with Crippen molar-refractivity contribution in [2.75, 3.05) is 13.1 Å². The van der Waals surface area contributed by atoms with Gasteiger partial charge in [-0.25, -0.2) is 0 Å². The lowest BCUT2D eigenvalue weighted by Crippen LogP contribution is -2.47. The Morgan fingerprint density at radius 2 is 2.26 bits per heavy atom. The molecule has 0 radical (unpaired) electrons. The van der Waals surface area contributed by atoms with Crippen LogP contribution in [-0.4, -0.2) is 29.9 Å². The zero-order valence-corrected chi connectivity index (χ0v) is 13.2. The summed E-state index contributed by atoms with van der Waals surface area (Å²) in [6.07, 6.45) is 2.09. The van der Waals surface area contributed by atoms with Crippen molar-refractivity contribution < 1.29 is 4.79 Å². The molecule has 2 rings (SSSR count). The molecule has 0 saturated carbocycles. The smallest absolute Gasteiger partial charge is 0.255 e. The van der Waals surface area contributed by atoms with Crippen LogP contribution in [0, 0.1) is 5.92 Å². The van der Waals surface area contributed by atoms with Crippen LogP contribution in [0.4, 0.5) is 0 Å². The van der Waals surface area contributed by atoms with Crippen molar-refractivity contribution in [3.8, 4) is 0 Å². The quantitative estimate of drug-likeness (QED) is 0.894. The van der Waals surface area contributed by atoms with Crippen LogP contribution in [0.5, 0.6) is 0 Å². The van der Waals surface area contributed by atoms with Crippen LogP contribution in [0.3, 0.4) is 0 Å². The topological polar surface area (TPSA) is 46.3 Å². The van der Waals surface area contributed by atoms with Gasteiger partial charge in [-0.15, -0.1) is 0 Å². The third kappa shape index (κ3) is 3.30. The summed E-state index contributed by atoms with van der Waals surface area (Å²) in [4.78, 5) is 14.5. The molecule has 19 heavy (non-hydrogen) atoms. The van der Waals surface area contributed by atoms with Crippen LogP contribution in [0.25, 0.3) is 0 Å². The number of amides is 1. The Hall–Kier alpha value is -0.580. The van der Waals surface area contributed by atoms with Gasteiger partial charge in [0.1, 0.15) is 0 Å². The second kappa shape index (κ2) is 6.25. The van der Waals surface area contributed by atoms with Crippen LogP contribution in [0.1, 0.15) is 30.1 Å². The molecule has 2 unspecified atom stereocenters. The number of likely N-dealkylation sites (tertiary alicyclic amines) is 1. The highest BCUT2D eigenvalue weighted by atomic mass is 79.9. The van der Waals surface area contributed by atoms with Crippen molar-refractivity contribution >= 4 is 33.4 Å². The number of nitrogens with two attached hydrogens (primary N) is 1. The lowest BCUT2D eigenvalue weighted by atomic mass is 9.93. The van der Waals surface area contributed by atoms with Gasteiger partial charge >= 0.3 is 0 Å². The number of hydrogen-bond acceptors (Lipinski definition) is 2. The number of carbonyl (C=O) groups is 1. The first-order chi connectivity index (χ1) is 9.02. The van der Waals surface area contributed by atoms with E-state index in [1.807, 2.05) is 11.0 Å². The lowest BCUT2D eigenvalue weighted by molar-refractivity contribution is 0.0567. The van der Waals surface area contributed by atoms with Gasteiger partial charge in [0, 0.05) is 17.1 Å². The van der Waals surface area contributed by atoms with E-state index in [0.29, 0.717) is 23.0 Å². The van der Waals surface area contributed by atoms with Crippen molar-refractivity contribution in [3.05, 3.63) is 33.3 Å². The van der Waals surface area contributed by atoms with Gasteiger partial charge in [0.2, 0.25) is 0 Å². The van der Waals surface area contributed by atoms with Gasteiger partial charge in [-0.1, -0.05) is 27.5 Å². The third-order valence-corrected chi connectivity index (χ3v) is 4.56. The van der Waals surface area contributed by atoms with Crippen LogP contribution >= 0.6 is 27.5 Å². The first-order valence-electron chi connectivity index (χ1n) is 6.49. The van der Waals surface area contributed by atoms with Crippen molar-refractivity contribution in [3.63, 3.8) is 0 Å². The minimum absolute atomic E-state index is 0.00282. The Bertz CT molecular complexity index is 481. The monoisotopic (exact) mass is 344 g/mol. The fraction of sp³-hybridized carbons (Fsp3) is 0.500. The zero-order valence-electron chi connectivity index (χ0n) is 10.9. The first kappa shape index (κ1) is 14.8. The van der Waals surface area contributed by atoms with E-state index in [2.05, 4.69) is 22.9 Å². The highest BCUT2D eigenvalue weighted by Crippen LogP contribution is 2.27. The lowest BCUT2D eigenvalue weighted by Gasteiger charge is -2.37. The number of carbonyl (C=O) groups excluding carboxylic acids is 1. The molecule has 0 bridgehead atoms. The Morgan fingerprint density at radius 1 is 1.53 bits per heavy atom. The molecule has 1 heterocycles. The molecule has 1 amide bonds. The van der Waals surface area contributed by atoms with Crippen LogP contribution < -0.4 is 5.73 Å². The van der Waals surface area contributed by atoms with Crippen molar-refractivity contribution in [2.24, 2.45) is 11.7 Å². The predicted octanol–water partition coefficient (Wildman–Crippen LogP) is 3.30. The fourth-order valence-corrected chi connectivity index (χ4v) is 3.03. The van der Waals surface area contributed by atoms with E-state index in [4.69, 9.17) is 17.3 Å². The average Bonchev–Trinajstić information content (AvgIpc) is 2.41. The third-order valence-electron chi connectivity index (χ3n) is 3.73. The molecule has 104 valence electrons. The molecule has 1 aliphatic heterocycles. The minimum Gasteiger partial charge on any atom is -0.336 e. The number of halogens is 2. The number of benzene rings is 1. The van der Waals surface area contributed by atoms with E-state index in [1.165, 1.54) is 0 Å². The number of nitrogens with zero attached hydrogens (tertiary/aromatic N) is 1. The van der Waals surface area contributed by atoms with Crippen molar-refractivity contribution in [1.82, 2.24) is 4.90 Å². The predicted molar refractivity (Wildman–Crippen MR) is 81.4 cm³/mol. The molecule has 0 aliphatic carbocycles. The summed E-state index contributed by atoms with van der Waals surface area (Å²) in [6, 6.07) is 5.60. The zero-order chi connectivity index (χ0) is 14.0. The SMILES string of the molecule is CC1CCC(CN)CN1C(=O)c1cc(Br)ccc1Cl. The maximum atomic E-state index is 12.6. The van der Waals surface area contributed by atoms with E-state index in [0.717, 1.165) is 23.9 Å². The maximum Gasteiger partial charge on any atom is 0.255 e. The second-order valence-electron chi connectivity index (χ2n) is 5.11. The minimum atomic E-state index is -0.00282. The van der Waals surface area contributed by atoms with E-state index in [9.17, 15) is 4.79 Å². The molecule has 2 atom stereocenters. The van der Waals surface area contributed by atoms with Gasteiger partial charge in [-0.05, 0) is 50.4 Å². The number of hydrogen-bond donors (Lipinski definition) is 1. The molecule has 0 aromatic heterocycles. The molecule has 5 heteroatoms. The van der Waals surface area contributed by atoms with Crippen LogP contribution in [-0.2, 0) is 0 Å². The summed E-state index contributed by atoms with van der Waals surface area (Å²) in [5.41, 5.74) is 6.29. The standard InChI is InChI=1S/C14H18BrClN2O/c1-9-2-3-10(7-17)8-18(9)14(19)12-6-11(15)4-5-13(12)16/h4-6,9-10H,2-3,7-8,17H2,1H3. The van der Waals surface area contributed by atoms with Gasteiger partial charge in [0.15, 0.2) is 0 Å². The Kier molecular flexibility index (Phi) is 4.87. The summed E-state index contributed by atoms with van der Waals surface area (Å²) in [6.45, 7) is 3.43. The largest absolute Gasteiger partial charge is 0.336 e. The molecule has 3 nitrogen and oxygen atoms in total. The Morgan fingerprint density at radius 3 is 2.95 bits per heavy atom. The fourth-order valence-electron chi connectivity index (χ4n) is 2.47. The first-order valence-corrected chi connectivity index (χ1v) is 7.66. The van der Waals surface area contributed by atoms with Gasteiger partial charge in [-0.2, -0.15) is 0 Å². The summed E-state index contributed by atoms with van der Waals surface area (Å²) >= 11 is 9.52. The molecule has 1 aliphatic rings. The second-order valence-corrected chi connectivity index (χ2v) is 6.43. The highest BCUT2D eigenvalue weighted by molar-refractivity contribution is 9.10. The van der Waals surface area contributed by atoms with Gasteiger partial charge in [0.25, 0.3) is 5.91 Å². The van der Waals surface area contributed by atoms with Gasteiger partial charge < -0.3 is 10.6 Å². The van der Waals surface area contributed by atoms with Crippen molar-refractivity contribution in [2.45, 2.75) is 25.8 Å². The molecular formula is C14H18BrClN2O. The number of piperidine rings is 1. The summed E-state index contributed by atoms with van der Waals surface area (Å²) in [7, 11) is 0. The molecule has 2 N–H and O–H groups in total. The molecule has 1 saturated heterocycles. The molecule has 0 spiro atoms. The van der Waals surface area contributed by atoms with Gasteiger partial charge in [0.05, 0.1) is 10.6 Å². The molecular weight excluding hydrogens is 328 g/mol. The van der Waals surface area contributed by atoms with Crippen LogP contribution in [0.15, 0.2) is 22.7 Å². The Balaban J connectivity index is 2.24. The summed E-state index contributed by atoms with van der Waals surface area (Å²) in [5.74, 6) is 0.392. The Labute approximate surface area is 127 Å². The maximum absolute atomic E-state index is 12.6. The average molecular weight is 346 g/mol. The highest BCUT2D eigenvalue weighted by Gasteiger charge is 2.29. The molecule has 1 fully saturated rings. The van der Waals surface area contributed by atoms with E-state index >= 15 is 0 Å². The van der Waals surface area contributed by atoms with Gasteiger partial charge in [-0.3, -0.25) is 4.79 Å². The number of rotatable bonds is 2. The van der Waals surface area contributed by atoms with Crippen LogP contribution in [0.2, 0.25) is 5.02 Å². The summed E-state index contributed by atoms with van der Waals surface area (Å²) in [5, 5.41) is 0.496.